The first kappa shape index (κ1) is 13.4. The molecule has 2 N–H and O–H groups in total. The van der Waals surface area contributed by atoms with E-state index >= 15 is 0 Å². The van der Waals surface area contributed by atoms with Crippen LogP contribution in [0.4, 0.5) is 11.8 Å². The second kappa shape index (κ2) is 6.23. The largest absolute Gasteiger partial charge is 0.366 e. The number of nitrogens with one attached hydrogen (secondary N) is 2. The Morgan fingerprint density at radius 1 is 1.28 bits per heavy atom. The number of nitrogens with zero attached hydrogens (tertiary/aromatic N) is 2. The summed E-state index contributed by atoms with van der Waals surface area (Å²) in [6, 6.07) is 0.479. The van der Waals surface area contributed by atoms with Crippen molar-refractivity contribution in [3.8, 4) is 0 Å². The minimum Gasteiger partial charge on any atom is -0.366 e. The molecule has 0 saturated heterocycles. The van der Waals surface area contributed by atoms with Crippen LogP contribution in [0.5, 0.6) is 0 Å². The van der Waals surface area contributed by atoms with Crippen molar-refractivity contribution in [1.29, 1.82) is 0 Å². The Bertz CT molecular complexity index is 397. The number of halogens is 1. The fourth-order valence-electron chi connectivity index (χ4n) is 2.41. The molecule has 2 atom stereocenters. The third-order valence-corrected chi connectivity index (χ3v) is 3.84. The van der Waals surface area contributed by atoms with Gasteiger partial charge in [-0.2, -0.15) is 4.98 Å². The zero-order chi connectivity index (χ0) is 13.0. The van der Waals surface area contributed by atoms with Crippen molar-refractivity contribution >= 4 is 23.4 Å². The smallest absolute Gasteiger partial charge is 0.224 e. The summed E-state index contributed by atoms with van der Waals surface area (Å²) in [5, 5.41) is 6.98. The maximum absolute atomic E-state index is 6.13. The first-order chi connectivity index (χ1) is 8.69. The van der Waals surface area contributed by atoms with Gasteiger partial charge in [-0.15, -0.1) is 0 Å². The van der Waals surface area contributed by atoms with Gasteiger partial charge in [-0.25, -0.2) is 4.98 Å². The van der Waals surface area contributed by atoms with Crippen molar-refractivity contribution in [1.82, 2.24) is 9.97 Å². The lowest BCUT2D eigenvalue weighted by Gasteiger charge is -2.18. The van der Waals surface area contributed by atoms with Crippen LogP contribution in [0, 0.1) is 5.92 Å². The lowest BCUT2D eigenvalue weighted by atomic mass is 10.0. The summed E-state index contributed by atoms with van der Waals surface area (Å²) in [4.78, 5) is 8.46. The van der Waals surface area contributed by atoms with E-state index in [1.54, 1.807) is 13.2 Å². The molecular formula is C13H21ClN4. The third kappa shape index (κ3) is 3.48. The quantitative estimate of drug-likeness (QED) is 0.823. The van der Waals surface area contributed by atoms with Crippen molar-refractivity contribution in [3.63, 3.8) is 0 Å². The van der Waals surface area contributed by atoms with Crippen LogP contribution in [0.1, 0.15) is 39.0 Å². The third-order valence-electron chi connectivity index (χ3n) is 3.57. The first-order valence-electron chi connectivity index (χ1n) is 6.66. The molecule has 0 spiro atoms. The average Bonchev–Trinajstić information content (AvgIpc) is 2.57. The van der Waals surface area contributed by atoms with E-state index in [4.69, 9.17) is 11.6 Å². The molecule has 100 valence electrons. The van der Waals surface area contributed by atoms with E-state index in [1.165, 1.54) is 32.1 Å². The van der Waals surface area contributed by atoms with Gasteiger partial charge >= 0.3 is 0 Å². The molecular weight excluding hydrogens is 248 g/mol. The number of rotatable bonds is 3. The summed E-state index contributed by atoms with van der Waals surface area (Å²) in [5.74, 6) is 2.19. The zero-order valence-electron chi connectivity index (χ0n) is 11.0. The number of hydrogen-bond donors (Lipinski definition) is 2. The number of anilines is 2. The normalized spacial score (nSPS) is 24.4. The van der Waals surface area contributed by atoms with Gasteiger partial charge in [-0.1, -0.05) is 31.4 Å². The van der Waals surface area contributed by atoms with Crippen LogP contribution in [-0.2, 0) is 0 Å². The Balaban J connectivity index is 2.03. The standard InChI is InChI=1S/C13H21ClN4/c1-9-4-3-5-10(7-6-9)17-12-11(14)8-16-13(15-2)18-12/h8-10H,3-7H2,1-2H3,(H2,15,16,17,18). The summed E-state index contributed by atoms with van der Waals surface area (Å²) in [5.41, 5.74) is 0. The van der Waals surface area contributed by atoms with Crippen LogP contribution in [0.15, 0.2) is 6.20 Å². The molecule has 1 aliphatic carbocycles. The fraction of sp³-hybridized carbons (Fsp3) is 0.692. The van der Waals surface area contributed by atoms with Gasteiger partial charge < -0.3 is 10.6 Å². The Morgan fingerprint density at radius 3 is 2.89 bits per heavy atom. The van der Waals surface area contributed by atoms with Crippen LogP contribution >= 0.6 is 11.6 Å². The molecule has 0 aliphatic heterocycles. The lowest BCUT2D eigenvalue weighted by Crippen LogP contribution is -2.20. The van der Waals surface area contributed by atoms with E-state index in [0.717, 1.165) is 11.7 Å². The monoisotopic (exact) mass is 268 g/mol. The van der Waals surface area contributed by atoms with Crippen LogP contribution in [0.3, 0.4) is 0 Å². The zero-order valence-corrected chi connectivity index (χ0v) is 11.8. The summed E-state index contributed by atoms with van der Waals surface area (Å²) in [6.07, 6.45) is 7.91. The van der Waals surface area contributed by atoms with Crippen molar-refractivity contribution in [2.75, 3.05) is 17.7 Å². The summed E-state index contributed by atoms with van der Waals surface area (Å²) in [6.45, 7) is 2.33. The molecule has 1 saturated carbocycles. The second-order valence-corrected chi connectivity index (χ2v) is 5.50. The fourth-order valence-corrected chi connectivity index (χ4v) is 2.56. The molecule has 4 nitrogen and oxygen atoms in total. The van der Waals surface area contributed by atoms with E-state index in [1.807, 2.05) is 0 Å². The maximum Gasteiger partial charge on any atom is 0.224 e. The van der Waals surface area contributed by atoms with E-state index in [2.05, 4.69) is 27.5 Å². The molecule has 2 unspecified atom stereocenters. The topological polar surface area (TPSA) is 49.8 Å². The van der Waals surface area contributed by atoms with E-state index in [9.17, 15) is 0 Å². The first-order valence-corrected chi connectivity index (χ1v) is 7.03. The van der Waals surface area contributed by atoms with Crippen molar-refractivity contribution < 1.29 is 0 Å². The number of aromatic nitrogens is 2. The van der Waals surface area contributed by atoms with Gasteiger partial charge in [0.1, 0.15) is 5.02 Å². The molecule has 0 amide bonds. The molecule has 5 heteroatoms. The highest BCUT2D eigenvalue weighted by atomic mass is 35.5. The SMILES string of the molecule is CNc1ncc(Cl)c(NC2CCCC(C)CC2)n1. The van der Waals surface area contributed by atoms with E-state index < -0.39 is 0 Å². The van der Waals surface area contributed by atoms with Gasteiger partial charge in [0.15, 0.2) is 5.82 Å². The van der Waals surface area contributed by atoms with Gasteiger partial charge in [0.05, 0.1) is 6.20 Å². The van der Waals surface area contributed by atoms with Gasteiger partial charge in [0.25, 0.3) is 0 Å². The molecule has 0 aromatic carbocycles. The van der Waals surface area contributed by atoms with E-state index in [0.29, 0.717) is 17.0 Å². The van der Waals surface area contributed by atoms with E-state index in [-0.39, 0.29) is 0 Å². The Morgan fingerprint density at radius 2 is 2.11 bits per heavy atom. The highest BCUT2D eigenvalue weighted by Crippen LogP contribution is 2.27. The second-order valence-electron chi connectivity index (χ2n) is 5.09. The minimum absolute atomic E-state index is 0.479. The van der Waals surface area contributed by atoms with Crippen LogP contribution in [0.25, 0.3) is 0 Å². The average molecular weight is 269 g/mol. The number of hydrogen-bond acceptors (Lipinski definition) is 4. The summed E-state index contributed by atoms with van der Waals surface area (Å²) >= 11 is 6.13. The minimum atomic E-state index is 0.479. The molecule has 1 aliphatic rings. The van der Waals surface area contributed by atoms with Crippen LogP contribution in [0.2, 0.25) is 5.02 Å². The van der Waals surface area contributed by atoms with Crippen molar-refractivity contribution in [3.05, 3.63) is 11.2 Å². The van der Waals surface area contributed by atoms with Gasteiger partial charge in [0.2, 0.25) is 5.95 Å². The Kier molecular flexibility index (Phi) is 4.64. The van der Waals surface area contributed by atoms with Gasteiger partial charge in [-0.05, 0) is 25.2 Å². The molecule has 1 heterocycles. The molecule has 1 aromatic rings. The highest BCUT2D eigenvalue weighted by Gasteiger charge is 2.17. The van der Waals surface area contributed by atoms with Crippen molar-refractivity contribution in [2.24, 2.45) is 5.92 Å². The van der Waals surface area contributed by atoms with Crippen LogP contribution < -0.4 is 10.6 Å². The molecule has 2 rings (SSSR count). The molecule has 1 fully saturated rings. The van der Waals surface area contributed by atoms with Crippen LogP contribution in [-0.4, -0.2) is 23.1 Å². The predicted octanol–water partition coefficient (Wildman–Crippen LogP) is 3.55. The Hall–Kier alpha value is -1.03. The van der Waals surface area contributed by atoms with Gasteiger partial charge in [-0.3, -0.25) is 0 Å². The van der Waals surface area contributed by atoms with Crippen molar-refractivity contribution in [2.45, 2.75) is 45.1 Å². The molecule has 0 bridgehead atoms. The molecule has 18 heavy (non-hydrogen) atoms. The summed E-state index contributed by atoms with van der Waals surface area (Å²) in [7, 11) is 1.81. The van der Waals surface area contributed by atoms with Gasteiger partial charge in [0, 0.05) is 13.1 Å². The predicted molar refractivity (Wildman–Crippen MR) is 76.2 cm³/mol. The maximum atomic E-state index is 6.13. The summed E-state index contributed by atoms with van der Waals surface area (Å²) < 4.78 is 0. The highest BCUT2D eigenvalue weighted by molar-refractivity contribution is 6.32. The lowest BCUT2D eigenvalue weighted by molar-refractivity contribution is 0.502. The molecule has 1 aromatic heterocycles. The Labute approximate surface area is 114 Å². The molecule has 0 radical (unpaired) electrons.